The molecule has 1 aromatic carbocycles. The van der Waals surface area contributed by atoms with Gasteiger partial charge in [0.2, 0.25) is 21.8 Å². The molecule has 8 nitrogen and oxygen atoms in total. The molecule has 1 aliphatic carbocycles. The highest BCUT2D eigenvalue weighted by molar-refractivity contribution is 7.89. The van der Waals surface area contributed by atoms with Crippen LogP contribution in [0.25, 0.3) is 0 Å². The van der Waals surface area contributed by atoms with Crippen LogP contribution in [0.4, 0.5) is 0 Å². The van der Waals surface area contributed by atoms with Crippen LogP contribution in [0.2, 0.25) is 0 Å². The highest BCUT2D eigenvalue weighted by Crippen LogP contribution is 2.39. The van der Waals surface area contributed by atoms with Gasteiger partial charge in [0.05, 0.1) is 17.7 Å². The van der Waals surface area contributed by atoms with Gasteiger partial charge >= 0.3 is 0 Å². The Kier molecular flexibility index (Phi) is 4.96. The number of carbonyl (C=O) groups is 1. The summed E-state index contributed by atoms with van der Waals surface area (Å²) in [6, 6.07) is 9.65. The van der Waals surface area contributed by atoms with Crippen LogP contribution in [-0.2, 0) is 27.8 Å². The summed E-state index contributed by atoms with van der Waals surface area (Å²) in [5, 5.41) is 6.80. The van der Waals surface area contributed by atoms with E-state index < -0.39 is 15.4 Å². The van der Waals surface area contributed by atoms with Gasteiger partial charge in [-0.25, -0.2) is 8.42 Å². The van der Waals surface area contributed by atoms with E-state index in [4.69, 9.17) is 4.52 Å². The molecule has 28 heavy (non-hydrogen) atoms. The summed E-state index contributed by atoms with van der Waals surface area (Å²) >= 11 is 0. The summed E-state index contributed by atoms with van der Waals surface area (Å²) in [7, 11) is -3.31. The van der Waals surface area contributed by atoms with Gasteiger partial charge in [-0.05, 0) is 31.7 Å². The van der Waals surface area contributed by atoms with E-state index in [2.05, 4.69) is 15.5 Å². The van der Waals surface area contributed by atoms with E-state index in [9.17, 15) is 13.2 Å². The van der Waals surface area contributed by atoms with Gasteiger partial charge in [-0.1, -0.05) is 35.5 Å². The van der Waals surface area contributed by atoms with Crippen molar-refractivity contribution in [2.75, 3.05) is 18.8 Å². The predicted octanol–water partition coefficient (Wildman–Crippen LogP) is 1.46. The number of nitrogens with zero attached hydrogens (tertiary/aromatic N) is 3. The number of hydrogen-bond donors (Lipinski definition) is 1. The first-order chi connectivity index (χ1) is 13.4. The van der Waals surface area contributed by atoms with E-state index >= 15 is 0 Å². The third-order valence-electron chi connectivity index (χ3n) is 5.40. The monoisotopic (exact) mass is 404 g/mol. The third-order valence-corrected chi connectivity index (χ3v) is 7.18. The van der Waals surface area contributed by atoms with Gasteiger partial charge in [-0.15, -0.1) is 0 Å². The number of nitrogens with one attached hydrogen (secondary N) is 1. The second-order valence-electron chi connectivity index (χ2n) is 7.62. The molecule has 1 aliphatic heterocycles. The van der Waals surface area contributed by atoms with E-state index in [1.54, 1.807) is 6.92 Å². The van der Waals surface area contributed by atoms with Crippen LogP contribution in [0.15, 0.2) is 34.9 Å². The predicted molar refractivity (Wildman–Crippen MR) is 102 cm³/mol. The zero-order valence-corrected chi connectivity index (χ0v) is 16.6. The number of carbonyl (C=O) groups excluding carboxylic acids is 1. The number of hydrogen-bond acceptors (Lipinski definition) is 6. The van der Waals surface area contributed by atoms with Gasteiger partial charge in [-0.2, -0.15) is 9.29 Å². The van der Waals surface area contributed by atoms with Crippen LogP contribution in [0.3, 0.4) is 0 Å². The van der Waals surface area contributed by atoms with Crippen LogP contribution in [0.1, 0.15) is 43.0 Å². The number of amides is 1. The van der Waals surface area contributed by atoms with Crippen molar-refractivity contribution in [3.05, 3.63) is 47.6 Å². The minimum atomic E-state index is -3.31. The first-order valence-corrected chi connectivity index (χ1v) is 11.2. The third kappa shape index (κ3) is 3.81. The van der Waals surface area contributed by atoms with Crippen molar-refractivity contribution < 1.29 is 17.7 Å². The number of rotatable bonds is 8. The second-order valence-corrected chi connectivity index (χ2v) is 9.87. The lowest BCUT2D eigenvalue weighted by Gasteiger charge is -2.47. The summed E-state index contributed by atoms with van der Waals surface area (Å²) in [6.07, 6.45) is 2.61. The van der Waals surface area contributed by atoms with E-state index in [0.717, 1.165) is 18.4 Å². The fourth-order valence-corrected chi connectivity index (χ4v) is 4.77. The topological polar surface area (TPSA) is 105 Å². The van der Waals surface area contributed by atoms with E-state index in [1.165, 1.54) is 4.31 Å². The van der Waals surface area contributed by atoms with Crippen molar-refractivity contribution >= 4 is 15.9 Å². The quantitative estimate of drug-likeness (QED) is 0.714. The fraction of sp³-hybridized carbons (Fsp3) is 0.526. The second kappa shape index (κ2) is 7.29. The molecule has 0 bridgehead atoms. The van der Waals surface area contributed by atoms with Crippen molar-refractivity contribution in [3.8, 4) is 0 Å². The van der Waals surface area contributed by atoms with Crippen molar-refractivity contribution in [2.24, 2.45) is 5.41 Å². The molecule has 0 spiro atoms. The molecule has 2 aromatic rings. The SMILES string of the molecule is CCS(=O)(=O)N1CC(Cc2ccccc2)(C(=O)NCc2noc(C3CC3)n2)C1. The molecule has 1 amide bonds. The average Bonchev–Trinajstić information content (AvgIpc) is 3.41. The molecule has 0 unspecified atom stereocenters. The Bertz CT molecular complexity index is 947. The molecule has 1 N–H and O–H groups in total. The summed E-state index contributed by atoms with van der Waals surface area (Å²) in [6.45, 7) is 2.15. The Hall–Kier alpha value is -2.26. The van der Waals surface area contributed by atoms with Gasteiger partial charge < -0.3 is 9.84 Å². The fourth-order valence-electron chi connectivity index (χ4n) is 3.51. The maximum Gasteiger partial charge on any atom is 0.229 e. The van der Waals surface area contributed by atoms with Crippen LogP contribution >= 0.6 is 0 Å². The minimum absolute atomic E-state index is 0.0306. The summed E-state index contributed by atoms with van der Waals surface area (Å²) in [5.41, 5.74) is 0.217. The molecule has 1 saturated heterocycles. The molecule has 4 rings (SSSR count). The molecule has 9 heteroatoms. The minimum Gasteiger partial charge on any atom is -0.348 e. The zero-order valence-electron chi connectivity index (χ0n) is 15.8. The molecule has 2 heterocycles. The van der Waals surface area contributed by atoms with Gasteiger partial charge in [0.1, 0.15) is 0 Å². The Morgan fingerprint density at radius 3 is 2.64 bits per heavy atom. The number of sulfonamides is 1. The van der Waals surface area contributed by atoms with Crippen LogP contribution < -0.4 is 5.32 Å². The lowest BCUT2D eigenvalue weighted by atomic mass is 9.75. The normalized spacial score (nSPS) is 19.2. The molecule has 0 radical (unpaired) electrons. The van der Waals surface area contributed by atoms with Crippen molar-refractivity contribution in [2.45, 2.75) is 38.6 Å². The maximum atomic E-state index is 13.0. The standard InChI is InChI=1S/C19H24N4O4S/c1-2-28(25,26)23-12-19(13-23,10-14-6-4-3-5-7-14)18(24)20-11-16-21-17(27-22-16)15-8-9-15/h3-7,15H,2,8-13H2,1H3,(H,20,24). The zero-order chi connectivity index (χ0) is 19.8. The summed E-state index contributed by atoms with van der Waals surface area (Å²) in [5.74, 6) is 1.29. The highest BCUT2D eigenvalue weighted by atomic mass is 32.2. The van der Waals surface area contributed by atoms with Gasteiger partial charge in [0.15, 0.2) is 5.82 Å². The number of aromatic nitrogens is 2. The summed E-state index contributed by atoms with van der Waals surface area (Å²) in [4.78, 5) is 17.3. The van der Waals surface area contributed by atoms with Crippen molar-refractivity contribution in [1.82, 2.24) is 19.8 Å². The lowest BCUT2D eigenvalue weighted by molar-refractivity contribution is -0.137. The molecule has 1 aromatic heterocycles. The van der Waals surface area contributed by atoms with Gasteiger partial charge in [-0.3, -0.25) is 4.79 Å². The van der Waals surface area contributed by atoms with Crippen molar-refractivity contribution in [1.29, 1.82) is 0 Å². The first-order valence-electron chi connectivity index (χ1n) is 9.54. The van der Waals surface area contributed by atoms with Crippen LogP contribution in [0.5, 0.6) is 0 Å². The number of benzene rings is 1. The Morgan fingerprint density at radius 2 is 2.00 bits per heavy atom. The van der Waals surface area contributed by atoms with E-state index in [0.29, 0.717) is 24.1 Å². The maximum absolute atomic E-state index is 13.0. The van der Waals surface area contributed by atoms with Gasteiger partial charge in [0.25, 0.3) is 0 Å². The molecule has 2 fully saturated rings. The largest absolute Gasteiger partial charge is 0.348 e. The summed E-state index contributed by atoms with van der Waals surface area (Å²) < 4.78 is 30.9. The first kappa shape index (κ1) is 19.1. The average molecular weight is 404 g/mol. The Morgan fingerprint density at radius 1 is 1.29 bits per heavy atom. The van der Waals surface area contributed by atoms with Crippen LogP contribution in [0, 0.1) is 5.41 Å². The molecule has 1 saturated carbocycles. The molecule has 2 aliphatic rings. The lowest BCUT2D eigenvalue weighted by Crippen LogP contribution is -2.65. The van der Waals surface area contributed by atoms with Gasteiger partial charge in [0, 0.05) is 19.0 Å². The Labute approximate surface area is 164 Å². The molecule has 0 atom stereocenters. The van der Waals surface area contributed by atoms with E-state index in [-0.39, 0.29) is 31.3 Å². The smallest absolute Gasteiger partial charge is 0.229 e. The van der Waals surface area contributed by atoms with Crippen molar-refractivity contribution in [3.63, 3.8) is 0 Å². The molecular formula is C19H24N4O4S. The highest BCUT2D eigenvalue weighted by Gasteiger charge is 2.52. The van der Waals surface area contributed by atoms with E-state index in [1.807, 2.05) is 30.3 Å². The Balaban J connectivity index is 1.45. The van der Waals surface area contributed by atoms with Crippen LogP contribution in [-0.4, -0.2) is 47.6 Å². The molecular weight excluding hydrogens is 380 g/mol. The molecule has 150 valence electrons.